The van der Waals surface area contributed by atoms with Crippen LogP contribution < -0.4 is 25.9 Å². The van der Waals surface area contributed by atoms with Crippen LogP contribution in [0.25, 0.3) is 44.5 Å². The van der Waals surface area contributed by atoms with Crippen molar-refractivity contribution in [2.45, 2.75) is 5.41 Å². The van der Waals surface area contributed by atoms with Crippen LogP contribution in [0.2, 0.25) is 0 Å². The zero-order valence-electron chi connectivity index (χ0n) is 28.1. The first-order valence-corrected chi connectivity index (χ1v) is 18.0. The van der Waals surface area contributed by atoms with Crippen LogP contribution >= 0.6 is 0 Å². The van der Waals surface area contributed by atoms with Crippen LogP contribution in [0.15, 0.2) is 176 Å². The van der Waals surface area contributed by atoms with Gasteiger partial charge in [0.05, 0.1) is 5.41 Å². The van der Waals surface area contributed by atoms with Crippen LogP contribution in [0.3, 0.4) is 0 Å². The second kappa shape index (κ2) is 10.2. The predicted molar refractivity (Wildman–Crippen MR) is 211 cm³/mol. The minimum absolute atomic E-state index is 0.0212. The molecule has 0 bridgehead atoms. The molecule has 2 heterocycles. The monoisotopic (exact) mass is 660 g/mol. The van der Waals surface area contributed by atoms with Crippen LogP contribution in [0.1, 0.15) is 22.3 Å². The Labute approximate surface area is 302 Å². The third kappa shape index (κ3) is 3.55. The fraction of sp³-hybridized carbons (Fsp3) is 0.0204. The van der Waals surface area contributed by atoms with Gasteiger partial charge in [0.1, 0.15) is 23.0 Å². The van der Waals surface area contributed by atoms with Crippen molar-refractivity contribution in [1.82, 2.24) is 0 Å². The number of hydrogen-bond donors (Lipinski definition) is 0. The average Bonchev–Trinajstić information content (AvgIpc) is 3.68. The summed E-state index contributed by atoms with van der Waals surface area (Å²) in [5.41, 5.74) is 18.5. The van der Waals surface area contributed by atoms with E-state index in [1.54, 1.807) is 0 Å². The van der Waals surface area contributed by atoms with Crippen molar-refractivity contribution in [1.29, 1.82) is 0 Å². The van der Waals surface area contributed by atoms with E-state index >= 15 is 0 Å². The molecule has 3 heteroatoms. The number of ether oxygens (including phenoxy) is 2. The molecular formula is C49H29BO2. The lowest BCUT2D eigenvalue weighted by Gasteiger charge is -2.33. The van der Waals surface area contributed by atoms with Crippen LogP contribution in [0.4, 0.5) is 0 Å². The Morgan fingerprint density at radius 2 is 0.788 bits per heavy atom. The normalized spacial score (nSPS) is 14.2. The molecule has 0 saturated carbocycles. The fourth-order valence-electron chi connectivity index (χ4n) is 9.80. The molecule has 8 aromatic rings. The largest absolute Gasteiger partial charge is 0.458 e. The van der Waals surface area contributed by atoms with Gasteiger partial charge in [0, 0.05) is 5.46 Å². The standard InChI is InChI=1S/C49H29BO2/c1-2-13-33(31-25-27-45-43(29-31)50-42-20-9-10-21-44(42)51-46-22-11-23-47(52-45)48(46)50)32(12-1)30-24-26-37-36-16-5-8-19-40(36)49(41(37)28-30)38-17-6-3-14-34(38)35-15-4-7-18-39(35)49/h1-29H. The van der Waals surface area contributed by atoms with E-state index in [9.17, 15) is 0 Å². The lowest BCUT2D eigenvalue weighted by Crippen LogP contribution is -2.57. The first kappa shape index (κ1) is 28.2. The summed E-state index contributed by atoms with van der Waals surface area (Å²) < 4.78 is 13.0. The molecule has 0 fully saturated rings. The molecule has 2 nitrogen and oxygen atoms in total. The molecule has 0 radical (unpaired) electrons. The van der Waals surface area contributed by atoms with Crippen molar-refractivity contribution in [3.05, 3.63) is 198 Å². The van der Waals surface area contributed by atoms with E-state index < -0.39 is 0 Å². The second-order valence-electron chi connectivity index (χ2n) is 14.3. The highest BCUT2D eigenvalue weighted by molar-refractivity contribution is 6.98. The number of rotatable bonds is 2. The van der Waals surface area contributed by atoms with Gasteiger partial charge in [0.15, 0.2) is 0 Å². The summed E-state index contributed by atoms with van der Waals surface area (Å²) in [6.45, 7) is 0.0212. The Hall–Kier alpha value is -6.58. The minimum atomic E-state index is -0.380. The number of para-hydroxylation sites is 1. The molecule has 2 aliphatic heterocycles. The van der Waals surface area contributed by atoms with Crippen molar-refractivity contribution < 1.29 is 9.47 Å². The second-order valence-corrected chi connectivity index (χ2v) is 14.3. The van der Waals surface area contributed by atoms with Gasteiger partial charge in [-0.25, -0.2) is 0 Å². The Balaban J connectivity index is 1.06. The van der Waals surface area contributed by atoms with Gasteiger partial charge in [0.25, 0.3) is 6.71 Å². The van der Waals surface area contributed by atoms with Crippen molar-refractivity contribution >= 4 is 23.1 Å². The van der Waals surface area contributed by atoms with E-state index in [1.807, 2.05) is 12.1 Å². The van der Waals surface area contributed by atoms with E-state index in [1.165, 1.54) is 61.2 Å². The molecule has 2 aliphatic carbocycles. The number of hydrogen-bond acceptors (Lipinski definition) is 2. The highest BCUT2D eigenvalue weighted by Crippen LogP contribution is 2.63. The number of benzene rings is 8. The van der Waals surface area contributed by atoms with Gasteiger partial charge in [0.2, 0.25) is 0 Å². The molecule has 0 N–H and O–H groups in total. The van der Waals surface area contributed by atoms with Crippen molar-refractivity contribution in [2.24, 2.45) is 0 Å². The summed E-state index contributed by atoms with van der Waals surface area (Å²) in [6.07, 6.45) is 0. The van der Waals surface area contributed by atoms with Gasteiger partial charge in [-0.05, 0) is 108 Å². The van der Waals surface area contributed by atoms with Crippen molar-refractivity contribution in [2.75, 3.05) is 0 Å². The SMILES string of the molecule is c1ccc2c(c1)Oc1cccc3c1B2c1cc(-c2ccccc2-c2ccc4c(c2)C2(c5ccccc5-c5ccccc52)c2ccccc2-4)ccc1O3. The zero-order chi connectivity index (χ0) is 34.0. The third-order valence-corrected chi connectivity index (χ3v) is 11.9. The minimum Gasteiger partial charge on any atom is -0.458 e. The van der Waals surface area contributed by atoms with E-state index in [0.29, 0.717) is 0 Å². The molecular weight excluding hydrogens is 631 g/mol. The van der Waals surface area contributed by atoms with E-state index in [4.69, 9.17) is 9.47 Å². The zero-order valence-corrected chi connectivity index (χ0v) is 28.1. The smallest absolute Gasteiger partial charge is 0.260 e. The molecule has 0 atom stereocenters. The first-order valence-electron chi connectivity index (χ1n) is 18.0. The molecule has 0 unspecified atom stereocenters. The molecule has 0 aromatic heterocycles. The Morgan fingerprint density at radius 1 is 0.327 bits per heavy atom. The fourth-order valence-corrected chi connectivity index (χ4v) is 9.80. The predicted octanol–water partition coefficient (Wildman–Crippen LogP) is 10.1. The van der Waals surface area contributed by atoms with E-state index in [2.05, 4.69) is 164 Å². The molecule has 12 rings (SSSR count). The van der Waals surface area contributed by atoms with Gasteiger partial charge < -0.3 is 9.47 Å². The third-order valence-electron chi connectivity index (χ3n) is 11.9. The topological polar surface area (TPSA) is 18.5 Å². The average molecular weight is 661 g/mol. The summed E-state index contributed by atoms with van der Waals surface area (Å²) in [4.78, 5) is 0. The van der Waals surface area contributed by atoms with Gasteiger partial charge in [-0.3, -0.25) is 0 Å². The van der Waals surface area contributed by atoms with Gasteiger partial charge in [-0.1, -0.05) is 146 Å². The molecule has 0 amide bonds. The summed E-state index contributed by atoms with van der Waals surface area (Å²) in [5, 5.41) is 0. The molecule has 4 aliphatic rings. The van der Waals surface area contributed by atoms with E-state index in [0.717, 1.165) is 44.9 Å². The first-order chi connectivity index (χ1) is 25.8. The lowest BCUT2D eigenvalue weighted by atomic mass is 9.35. The molecule has 240 valence electrons. The molecule has 1 spiro atoms. The highest BCUT2D eigenvalue weighted by atomic mass is 16.5. The summed E-state index contributed by atoms with van der Waals surface area (Å²) >= 11 is 0. The Kier molecular flexibility index (Phi) is 5.55. The van der Waals surface area contributed by atoms with Crippen LogP contribution in [-0.2, 0) is 5.41 Å². The maximum Gasteiger partial charge on any atom is 0.260 e. The maximum atomic E-state index is 6.56. The number of fused-ring (bicyclic) bond motifs is 14. The van der Waals surface area contributed by atoms with Crippen LogP contribution in [0.5, 0.6) is 23.0 Å². The molecule has 0 saturated heterocycles. The van der Waals surface area contributed by atoms with Crippen LogP contribution in [-0.4, -0.2) is 6.71 Å². The Bertz CT molecular complexity index is 2750. The Morgan fingerprint density at radius 3 is 1.42 bits per heavy atom. The van der Waals surface area contributed by atoms with Crippen LogP contribution in [0, 0.1) is 0 Å². The summed E-state index contributed by atoms with van der Waals surface area (Å²) in [5.74, 6) is 3.52. The molecule has 52 heavy (non-hydrogen) atoms. The lowest BCUT2D eigenvalue weighted by molar-refractivity contribution is 0.464. The quantitative estimate of drug-likeness (QED) is 0.172. The highest BCUT2D eigenvalue weighted by Gasteiger charge is 2.51. The van der Waals surface area contributed by atoms with Gasteiger partial charge >= 0.3 is 0 Å². The maximum absolute atomic E-state index is 6.56. The molecule has 8 aromatic carbocycles. The van der Waals surface area contributed by atoms with Gasteiger partial charge in [-0.15, -0.1) is 0 Å². The van der Waals surface area contributed by atoms with Crippen molar-refractivity contribution in [3.63, 3.8) is 0 Å². The van der Waals surface area contributed by atoms with Crippen molar-refractivity contribution in [3.8, 4) is 67.5 Å². The van der Waals surface area contributed by atoms with E-state index in [-0.39, 0.29) is 12.1 Å². The van der Waals surface area contributed by atoms with Gasteiger partial charge in [-0.2, -0.15) is 0 Å². The summed E-state index contributed by atoms with van der Waals surface area (Å²) in [6, 6.07) is 64.2. The summed E-state index contributed by atoms with van der Waals surface area (Å²) in [7, 11) is 0.